The van der Waals surface area contributed by atoms with Gasteiger partial charge >= 0.3 is 0 Å². The van der Waals surface area contributed by atoms with Gasteiger partial charge in [0.1, 0.15) is 6.33 Å². The standard InChI is InChI=1S/C23H29N5O/c1-17-21(18(2)28-23(26-17)24-16-25-28)12-13-22(29)27(20-10-6-7-11-20)15-14-19-8-4-3-5-9-19/h3-5,8-9,16,20H,6-7,10-15H2,1-2H3. The number of nitrogens with zero attached hydrogens (tertiary/aromatic N) is 5. The predicted molar refractivity (Wildman–Crippen MR) is 113 cm³/mol. The van der Waals surface area contributed by atoms with Crippen molar-refractivity contribution in [1.29, 1.82) is 0 Å². The maximum atomic E-state index is 13.2. The maximum Gasteiger partial charge on any atom is 0.252 e. The fraction of sp³-hybridized carbons (Fsp3) is 0.478. The molecular formula is C23H29N5O. The first-order valence-electron chi connectivity index (χ1n) is 10.6. The molecule has 0 N–H and O–H groups in total. The van der Waals surface area contributed by atoms with Crippen LogP contribution in [-0.4, -0.2) is 43.0 Å². The zero-order valence-corrected chi connectivity index (χ0v) is 17.3. The van der Waals surface area contributed by atoms with Gasteiger partial charge in [-0.05, 0) is 50.7 Å². The molecule has 0 unspecified atom stereocenters. The number of amides is 1. The van der Waals surface area contributed by atoms with Crippen molar-refractivity contribution in [1.82, 2.24) is 24.5 Å². The summed E-state index contributed by atoms with van der Waals surface area (Å²) in [6.07, 6.45) is 8.34. The highest BCUT2D eigenvalue weighted by molar-refractivity contribution is 5.77. The SMILES string of the molecule is Cc1nc2ncnn2c(C)c1CCC(=O)N(CCc1ccccc1)C1CCCC1. The summed E-state index contributed by atoms with van der Waals surface area (Å²) >= 11 is 0. The Balaban J connectivity index is 1.46. The fourth-order valence-electron chi connectivity index (χ4n) is 4.51. The van der Waals surface area contributed by atoms with Gasteiger partial charge in [0.2, 0.25) is 5.91 Å². The van der Waals surface area contributed by atoms with Crippen molar-refractivity contribution in [2.75, 3.05) is 6.54 Å². The van der Waals surface area contributed by atoms with Crippen molar-refractivity contribution in [2.24, 2.45) is 0 Å². The largest absolute Gasteiger partial charge is 0.339 e. The second-order valence-corrected chi connectivity index (χ2v) is 7.99. The predicted octanol–water partition coefficient (Wildman–Crippen LogP) is 3.69. The van der Waals surface area contributed by atoms with Crippen molar-refractivity contribution in [3.05, 3.63) is 59.2 Å². The van der Waals surface area contributed by atoms with Crippen LogP contribution in [-0.2, 0) is 17.6 Å². The molecular weight excluding hydrogens is 362 g/mol. The topological polar surface area (TPSA) is 63.4 Å². The zero-order valence-electron chi connectivity index (χ0n) is 17.3. The average Bonchev–Trinajstić information content (AvgIpc) is 3.41. The minimum absolute atomic E-state index is 0.255. The third-order valence-electron chi connectivity index (χ3n) is 6.15. The summed E-state index contributed by atoms with van der Waals surface area (Å²) in [5, 5.41) is 4.26. The molecule has 0 bridgehead atoms. The Morgan fingerprint density at radius 1 is 1.14 bits per heavy atom. The van der Waals surface area contributed by atoms with E-state index in [0.717, 1.165) is 42.8 Å². The molecule has 0 atom stereocenters. The minimum atomic E-state index is 0.255. The Morgan fingerprint density at radius 2 is 1.90 bits per heavy atom. The van der Waals surface area contributed by atoms with Crippen LogP contribution < -0.4 is 0 Å². The van der Waals surface area contributed by atoms with Crippen LogP contribution in [0.3, 0.4) is 0 Å². The van der Waals surface area contributed by atoms with E-state index in [4.69, 9.17) is 0 Å². The van der Waals surface area contributed by atoms with Gasteiger partial charge in [-0.3, -0.25) is 4.79 Å². The molecule has 0 radical (unpaired) electrons. The number of carbonyl (C=O) groups excluding carboxylic acids is 1. The van der Waals surface area contributed by atoms with Crippen LogP contribution in [0.1, 0.15) is 54.6 Å². The van der Waals surface area contributed by atoms with E-state index in [-0.39, 0.29) is 5.91 Å². The van der Waals surface area contributed by atoms with Crippen molar-refractivity contribution in [3.8, 4) is 0 Å². The van der Waals surface area contributed by atoms with Crippen LogP contribution in [0.2, 0.25) is 0 Å². The molecule has 0 saturated heterocycles. The average molecular weight is 392 g/mol. The number of aryl methyl sites for hydroxylation is 2. The fourth-order valence-corrected chi connectivity index (χ4v) is 4.51. The molecule has 1 saturated carbocycles. The van der Waals surface area contributed by atoms with Gasteiger partial charge in [-0.1, -0.05) is 43.2 Å². The highest BCUT2D eigenvalue weighted by Gasteiger charge is 2.26. The molecule has 29 heavy (non-hydrogen) atoms. The van der Waals surface area contributed by atoms with Crippen LogP contribution in [0.25, 0.3) is 5.78 Å². The lowest BCUT2D eigenvalue weighted by Gasteiger charge is -2.29. The number of benzene rings is 1. The lowest BCUT2D eigenvalue weighted by Crippen LogP contribution is -2.40. The lowest BCUT2D eigenvalue weighted by molar-refractivity contribution is -0.133. The van der Waals surface area contributed by atoms with Gasteiger partial charge in [0.15, 0.2) is 0 Å². The Hall–Kier alpha value is -2.76. The van der Waals surface area contributed by atoms with Gasteiger partial charge in [0, 0.05) is 30.4 Å². The molecule has 6 nitrogen and oxygen atoms in total. The van der Waals surface area contributed by atoms with Gasteiger partial charge in [-0.2, -0.15) is 10.1 Å². The molecule has 6 heteroatoms. The van der Waals surface area contributed by atoms with Crippen LogP contribution in [0.15, 0.2) is 36.7 Å². The quantitative estimate of drug-likeness (QED) is 0.616. The third-order valence-corrected chi connectivity index (χ3v) is 6.15. The summed E-state index contributed by atoms with van der Waals surface area (Å²) in [6, 6.07) is 10.8. The Morgan fingerprint density at radius 3 is 2.66 bits per heavy atom. The maximum absolute atomic E-state index is 13.2. The molecule has 1 fully saturated rings. The molecule has 3 aromatic rings. The lowest BCUT2D eigenvalue weighted by atomic mass is 10.0. The highest BCUT2D eigenvalue weighted by Crippen LogP contribution is 2.25. The van der Waals surface area contributed by atoms with Gasteiger partial charge in [-0.15, -0.1) is 0 Å². The van der Waals surface area contributed by atoms with Crippen LogP contribution >= 0.6 is 0 Å². The van der Waals surface area contributed by atoms with Crippen molar-refractivity contribution in [2.45, 2.75) is 64.8 Å². The van der Waals surface area contributed by atoms with E-state index in [1.54, 1.807) is 4.52 Å². The summed E-state index contributed by atoms with van der Waals surface area (Å²) in [5.74, 6) is 0.871. The first-order valence-corrected chi connectivity index (χ1v) is 10.6. The number of rotatable bonds is 7. The molecule has 0 spiro atoms. The normalized spacial score (nSPS) is 14.6. The molecule has 152 valence electrons. The third kappa shape index (κ3) is 4.31. The number of hydrogen-bond acceptors (Lipinski definition) is 4. The summed E-state index contributed by atoms with van der Waals surface area (Å²) in [4.78, 5) is 24.1. The first-order chi connectivity index (χ1) is 14.1. The van der Waals surface area contributed by atoms with Crippen molar-refractivity contribution in [3.63, 3.8) is 0 Å². The molecule has 2 aromatic heterocycles. The van der Waals surface area contributed by atoms with Gasteiger partial charge in [-0.25, -0.2) is 9.50 Å². The van der Waals surface area contributed by atoms with Crippen LogP contribution in [0.4, 0.5) is 0 Å². The van der Waals surface area contributed by atoms with Crippen molar-refractivity contribution >= 4 is 11.7 Å². The molecule has 4 rings (SSSR count). The van der Waals surface area contributed by atoms with E-state index < -0.39 is 0 Å². The summed E-state index contributed by atoms with van der Waals surface area (Å²) in [7, 11) is 0. The second kappa shape index (κ2) is 8.72. The van der Waals surface area contributed by atoms with Crippen LogP contribution in [0.5, 0.6) is 0 Å². The molecule has 1 amide bonds. The number of hydrogen-bond donors (Lipinski definition) is 0. The monoisotopic (exact) mass is 391 g/mol. The molecule has 0 aliphatic heterocycles. The molecule has 1 aliphatic carbocycles. The minimum Gasteiger partial charge on any atom is -0.339 e. The Bertz CT molecular complexity index is 976. The van der Waals surface area contributed by atoms with Gasteiger partial charge in [0.05, 0.1) is 0 Å². The number of carbonyl (C=O) groups is 1. The van der Waals surface area contributed by atoms with E-state index in [0.29, 0.717) is 24.7 Å². The molecule has 1 aromatic carbocycles. The van der Waals surface area contributed by atoms with Gasteiger partial charge in [0.25, 0.3) is 5.78 Å². The first kappa shape index (κ1) is 19.6. The second-order valence-electron chi connectivity index (χ2n) is 7.99. The van der Waals surface area contributed by atoms with Crippen LogP contribution in [0, 0.1) is 13.8 Å². The number of fused-ring (bicyclic) bond motifs is 1. The summed E-state index contributed by atoms with van der Waals surface area (Å²) < 4.78 is 1.76. The summed E-state index contributed by atoms with van der Waals surface area (Å²) in [6.45, 7) is 4.82. The molecule has 2 heterocycles. The zero-order chi connectivity index (χ0) is 20.2. The number of aromatic nitrogens is 4. The van der Waals surface area contributed by atoms with E-state index in [1.807, 2.05) is 19.9 Å². The van der Waals surface area contributed by atoms with Gasteiger partial charge < -0.3 is 4.90 Å². The Kier molecular flexibility index (Phi) is 5.88. The molecule has 1 aliphatic rings. The highest BCUT2D eigenvalue weighted by atomic mass is 16.2. The van der Waals surface area contributed by atoms with E-state index >= 15 is 0 Å². The smallest absolute Gasteiger partial charge is 0.252 e. The van der Waals surface area contributed by atoms with E-state index in [9.17, 15) is 4.79 Å². The van der Waals surface area contributed by atoms with E-state index in [1.165, 1.54) is 24.7 Å². The Labute approximate surface area is 172 Å². The van der Waals surface area contributed by atoms with Crippen molar-refractivity contribution < 1.29 is 4.79 Å². The van der Waals surface area contributed by atoms with E-state index in [2.05, 4.69) is 44.2 Å². The summed E-state index contributed by atoms with van der Waals surface area (Å²) in [5.41, 5.74) is 4.35.